The van der Waals surface area contributed by atoms with Crippen LogP contribution < -0.4 is 15.5 Å². The van der Waals surface area contributed by atoms with Gasteiger partial charge in [0.2, 0.25) is 0 Å². The van der Waals surface area contributed by atoms with Crippen molar-refractivity contribution >= 4 is 35.0 Å². The quantitative estimate of drug-likeness (QED) is 0.645. The summed E-state index contributed by atoms with van der Waals surface area (Å²) in [6.07, 6.45) is 5.69. The average molecular weight is 287 g/mol. The third kappa shape index (κ3) is 2.82. The Labute approximate surface area is 123 Å². The molecule has 2 heterocycles. The molecule has 1 aromatic rings. The molecule has 0 aromatic heterocycles. The van der Waals surface area contributed by atoms with Gasteiger partial charge in [-0.25, -0.2) is 0 Å². The molecular weight excluding hydrogens is 270 g/mol. The number of carbonyl (C=O) groups is 1. The zero-order valence-corrected chi connectivity index (χ0v) is 12.0. The molecule has 2 aliphatic heterocycles. The zero-order chi connectivity index (χ0) is 13.9. The third-order valence-electron chi connectivity index (χ3n) is 3.65. The van der Waals surface area contributed by atoms with Crippen molar-refractivity contribution in [1.29, 1.82) is 0 Å². The van der Waals surface area contributed by atoms with Gasteiger partial charge in [-0.3, -0.25) is 10.1 Å². The van der Waals surface area contributed by atoms with Gasteiger partial charge in [0.15, 0.2) is 5.11 Å². The van der Waals surface area contributed by atoms with E-state index in [2.05, 4.69) is 27.7 Å². The van der Waals surface area contributed by atoms with Gasteiger partial charge >= 0.3 is 0 Å². The number of thiocarbonyl (C=S) groups is 1. The zero-order valence-electron chi connectivity index (χ0n) is 11.2. The van der Waals surface area contributed by atoms with Crippen LogP contribution in [-0.2, 0) is 4.79 Å². The van der Waals surface area contributed by atoms with E-state index in [4.69, 9.17) is 12.2 Å². The standard InChI is InChI=1S/C15H17N3OS/c19-14-13(16-15(20)17-14)10-11-4-6-12(7-5-11)18-8-2-1-3-9-18/h4-7,10H,1-3,8-9H2,(H2,16,17,19,20)/b13-10-. The monoisotopic (exact) mass is 287 g/mol. The first-order valence-electron chi connectivity index (χ1n) is 6.91. The molecule has 1 amide bonds. The van der Waals surface area contributed by atoms with Crippen molar-refractivity contribution in [3.8, 4) is 0 Å². The summed E-state index contributed by atoms with van der Waals surface area (Å²) in [5, 5.41) is 5.77. The molecule has 2 aliphatic rings. The average Bonchev–Trinajstić information content (AvgIpc) is 2.79. The minimum atomic E-state index is -0.171. The number of benzene rings is 1. The highest BCUT2D eigenvalue weighted by Gasteiger charge is 2.19. The summed E-state index contributed by atoms with van der Waals surface area (Å²) in [5.74, 6) is -0.171. The van der Waals surface area contributed by atoms with Crippen LogP contribution in [0.2, 0.25) is 0 Å². The lowest BCUT2D eigenvalue weighted by atomic mass is 10.1. The summed E-state index contributed by atoms with van der Waals surface area (Å²) in [6, 6.07) is 8.30. The fraction of sp³-hybridized carbons (Fsp3) is 0.333. The maximum Gasteiger partial charge on any atom is 0.273 e. The predicted molar refractivity (Wildman–Crippen MR) is 84.4 cm³/mol. The molecular formula is C15H17N3OS. The summed E-state index contributed by atoms with van der Waals surface area (Å²) in [7, 11) is 0. The molecule has 2 fully saturated rings. The Bertz CT molecular complexity index is 559. The lowest BCUT2D eigenvalue weighted by molar-refractivity contribution is -0.115. The van der Waals surface area contributed by atoms with E-state index in [1.54, 1.807) is 0 Å². The Morgan fingerprint density at radius 1 is 1.05 bits per heavy atom. The van der Waals surface area contributed by atoms with Crippen LogP contribution in [-0.4, -0.2) is 24.1 Å². The number of hydrogen-bond acceptors (Lipinski definition) is 3. The molecule has 0 radical (unpaired) electrons. The number of hydrogen-bond donors (Lipinski definition) is 2. The Hall–Kier alpha value is -1.88. The first kappa shape index (κ1) is 13.1. The molecule has 20 heavy (non-hydrogen) atoms. The largest absolute Gasteiger partial charge is 0.372 e. The van der Waals surface area contributed by atoms with Crippen LogP contribution in [0.25, 0.3) is 6.08 Å². The van der Waals surface area contributed by atoms with Crippen molar-refractivity contribution in [1.82, 2.24) is 10.6 Å². The number of anilines is 1. The van der Waals surface area contributed by atoms with Gasteiger partial charge in [0.1, 0.15) is 5.70 Å². The van der Waals surface area contributed by atoms with Crippen molar-refractivity contribution in [3.63, 3.8) is 0 Å². The van der Waals surface area contributed by atoms with Crippen LogP contribution >= 0.6 is 12.2 Å². The SMILES string of the molecule is O=C1NC(=S)N/C1=C\c1ccc(N2CCCCC2)cc1. The molecule has 104 valence electrons. The number of amides is 1. The van der Waals surface area contributed by atoms with Gasteiger partial charge in [-0.1, -0.05) is 12.1 Å². The maximum absolute atomic E-state index is 11.6. The fourth-order valence-corrected chi connectivity index (χ4v) is 2.79. The van der Waals surface area contributed by atoms with E-state index in [0.29, 0.717) is 10.8 Å². The van der Waals surface area contributed by atoms with Crippen LogP contribution in [0.3, 0.4) is 0 Å². The summed E-state index contributed by atoms with van der Waals surface area (Å²) < 4.78 is 0. The van der Waals surface area contributed by atoms with E-state index in [0.717, 1.165) is 18.7 Å². The number of nitrogens with one attached hydrogen (secondary N) is 2. The van der Waals surface area contributed by atoms with Crippen molar-refractivity contribution < 1.29 is 4.79 Å². The summed E-state index contributed by atoms with van der Waals surface area (Å²) in [6.45, 7) is 2.28. The number of carbonyl (C=O) groups excluding carboxylic acids is 1. The molecule has 5 heteroatoms. The first-order chi connectivity index (χ1) is 9.72. The van der Waals surface area contributed by atoms with Crippen LogP contribution in [0.1, 0.15) is 24.8 Å². The minimum absolute atomic E-state index is 0.171. The lowest BCUT2D eigenvalue weighted by Gasteiger charge is -2.28. The number of rotatable bonds is 2. The van der Waals surface area contributed by atoms with Crippen LogP contribution in [0, 0.1) is 0 Å². The van der Waals surface area contributed by atoms with Gasteiger partial charge in [-0.2, -0.15) is 0 Å². The molecule has 0 bridgehead atoms. The summed E-state index contributed by atoms with van der Waals surface area (Å²) >= 11 is 4.91. The second kappa shape index (κ2) is 5.63. The first-order valence-corrected chi connectivity index (χ1v) is 7.32. The summed E-state index contributed by atoms with van der Waals surface area (Å²) in [4.78, 5) is 14.0. The molecule has 0 aliphatic carbocycles. The van der Waals surface area contributed by atoms with Crippen molar-refractivity contribution in [2.75, 3.05) is 18.0 Å². The van der Waals surface area contributed by atoms with Gasteiger partial charge < -0.3 is 10.2 Å². The second-order valence-electron chi connectivity index (χ2n) is 5.11. The number of piperidine rings is 1. The van der Waals surface area contributed by atoms with E-state index in [-0.39, 0.29) is 5.91 Å². The van der Waals surface area contributed by atoms with E-state index < -0.39 is 0 Å². The van der Waals surface area contributed by atoms with Crippen molar-refractivity contribution in [3.05, 3.63) is 35.5 Å². The van der Waals surface area contributed by atoms with Crippen molar-refractivity contribution in [2.45, 2.75) is 19.3 Å². The maximum atomic E-state index is 11.6. The molecule has 0 unspecified atom stereocenters. The minimum Gasteiger partial charge on any atom is -0.372 e. The highest BCUT2D eigenvalue weighted by molar-refractivity contribution is 7.80. The van der Waals surface area contributed by atoms with Crippen LogP contribution in [0.4, 0.5) is 5.69 Å². The highest BCUT2D eigenvalue weighted by atomic mass is 32.1. The summed E-state index contributed by atoms with van der Waals surface area (Å²) in [5.41, 5.74) is 2.75. The Morgan fingerprint density at radius 3 is 2.35 bits per heavy atom. The van der Waals surface area contributed by atoms with E-state index in [1.807, 2.05) is 18.2 Å². The van der Waals surface area contributed by atoms with E-state index in [1.165, 1.54) is 24.9 Å². The number of nitrogens with zero attached hydrogens (tertiary/aromatic N) is 1. The smallest absolute Gasteiger partial charge is 0.273 e. The van der Waals surface area contributed by atoms with E-state index >= 15 is 0 Å². The molecule has 0 saturated carbocycles. The van der Waals surface area contributed by atoms with Gasteiger partial charge in [0.25, 0.3) is 5.91 Å². The van der Waals surface area contributed by atoms with Gasteiger partial charge in [0.05, 0.1) is 0 Å². The van der Waals surface area contributed by atoms with Gasteiger partial charge in [0, 0.05) is 18.8 Å². The predicted octanol–water partition coefficient (Wildman–Crippen LogP) is 2.02. The Morgan fingerprint density at radius 2 is 1.75 bits per heavy atom. The topological polar surface area (TPSA) is 44.4 Å². The molecule has 1 aromatic carbocycles. The van der Waals surface area contributed by atoms with Crippen LogP contribution in [0.15, 0.2) is 30.0 Å². The highest BCUT2D eigenvalue weighted by Crippen LogP contribution is 2.21. The molecule has 0 spiro atoms. The molecule has 2 saturated heterocycles. The van der Waals surface area contributed by atoms with E-state index in [9.17, 15) is 4.79 Å². The molecule has 2 N–H and O–H groups in total. The Balaban J connectivity index is 1.74. The lowest BCUT2D eigenvalue weighted by Crippen LogP contribution is -2.29. The van der Waals surface area contributed by atoms with Gasteiger partial charge in [-0.15, -0.1) is 0 Å². The second-order valence-corrected chi connectivity index (χ2v) is 5.51. The van der Waals surface area contributed by atoms with Crippen LogP contribution in [0.5, 0.6) is 0 Å². The Kier molecular flexibility index (Phi) is 3.69. The normalized spacial score (nSPS) is 21.0. The van der Waals surface area contributed by atoms with Gasteiger partial charge in [-0.05, 0) is 55.3 Å². The van der Waals surface area contributed by atoms with Crippen molar-refractivity contribution in [2.24, 2.45) is 0 Å². The fourth-order valence-electron chi connectivity index (χ4n) is 2.58. The molecule has 0 atom stereocenters. The molecule has 4 nitrogen and oxygen atoms in total. The third-order valence-corrected chi connectivity index (χ3v) is 3.85. The molecule has 3 rings (SSSR count).